The van der Waals surface area contributed by atoms with Crippen LogP contribution in [0, 0.1) is 0 Å². The summed E-state index contributed by atoms with van der Waals surface area (Å²) in [5, 5.41) is 0. The number of rotatable bonds is 4. The topological polar surface area (TPSA) is 50.7 Å². The highest BCUT2D eigenvalue weighted by molar-refractivity contribution is 5.99. The first-order valence-electron chi connectivity index (χ1n) is 3.49. The minimum atomic E-state index is 0.687. The van der Waals surface area contributed by atoms with Crippen LogP contribution in [0.5, 0.6) is 0 Å². The van der Waals surface area contributed by atoms with Gasteiger partial charge >= 0.3 is 0 Å². The van der Waals surface area contributed by atoms with Crippen LogP contribution < -0.4 is 5.73 Å². The van der Waals surface area contributed by atoms with Gasteiger partial charge in [0.15, 0.2) is 0 Å². The number of hydrogen-bond donors (Lipinski definition) is 1. The van der Waals surface area contributed by atoms with Crippen molar-refractivity contribution in [2.45, 2.75) is 6.92 Å². The minimum Gasteiger partial charge on any atom is -0.390 e. The van der Waals surface area contributed by atoms with Crippen molar-refractivity contribution in [1.82, 2.24) is 0 Å². The maximum atomic E-state index is 5.15. The molecule has 0 aliphatic carbocycles. The molecule has 64 valence electrons. The van der Waals surface area contributed by atoms with Crippen LogP contribution in [0.1, 0.15) is 6.92 Å². The monoisotopic (exact) mass is 163 g/mol. The molecule has 0 atom stereocenters. The van der Waals surface area contributed by atoms with E-state index in [0.29, 0.717) is 5.70 Å². The number of aliphatic imine (C=N–C) groups is 2. The molecule has 0 saturated heterocycles. The van der Waals surface area contributed by atoms with E-state index < -0.39 is 0 Å². The lowest BCUT2D eigenvalue weighted by Crippen LogP contribution is -1.97. The lowest BCUT2D eigenvalue weighted by atomic mass is 10.3. The fourth-order valence-corrected chi connectivity index (χ4v) is 0.652. The Morgan fingerprint density at radius 1 is 1.42 bits per heavy atom. The molecule has 0 bridgehead atoms. The van der Waals surface area contributed by atoms with Gasteiger partial charge in [-0.15, -0.1) is 0 Å². The van der Waals surface area contributed by atoms with Crippen LogP contribution in [0.2, 0.25) is 0 Å². The molecule has 0 heterocycles. The van der Waals surface area contributed by atoms with Crippen LogP contribution in [-0.2, 0) is 0 Å². The third-order valence-corrected chi connectivity index (χ3v) is 1.14. The molecule has 0 spiro atoms. The van der Waals surface area contributed by atoms with Crippen LogP contribution in [-0.4, -0.2) is 12.1 Å². The van der Waals surface area contributed by atoms with Crippen molar-refractivity contribution in [1.29, 1.82) is 0 Å². The summed E-state index contributed by atoms with van der Waals surface area (Å²) in [6, 6.07) is 0. The Hall–Kier alpha value is -1.64. The third-order valence-electron chi connectivity index (χ3n) is 1.14. The van der Waals surface area contributed by atoms with Crippen molar-refractivity contribution in [2.24, 2.45) is 15.7 Å². The van der Waals surface area contributed by atoms with Crippen LogP contribution in [0.4, 0.5) is 0 Å². The van der Waals surface area contributed by atoms with Gasteiger partial charge in [0.1, 0.15) is 0 Å². The van der Waals surface area contributed by atoms with Crippen molar-refractivity contribution >= 4 is 12.1 Å². The van der Waals surface area contributed by atoms with E-state index in [1.165, 1.54) is 12.5 Å². The molecule has 0 fully saturated rings. The number of nitrogens with zero attached hydrogens (tertiary/aromatic N) is 2. The van der Waals surface area contributed by atoms with E-state index in [-0.39, 0.29) is 0 Å². The predicted molar refractivity (Wildman–Crippen MR) is 54.3 cm³/mol. The fraction of sp³-hybridized carbons (Fsp3) is 0.111. The zero-order chi connectivity index (χ0) is 9.40. The summed E-state index contributed by atoms with van der Waals surface area (Å²) in [7, 11) is 0. The summed E-state index contributed by atoms with van der Waals surface area (Å²) < 4.78 is 0. The summed E-state index contributed by atoms with van der Waals surface area (Å²) in [6.07, 6.45) is 6.03. The van der Waals surface area contributed by atoms with Gasteiger partial charge in [-0.3, -0.25) is 4.99 Å². The third kappa shape index (κ3) is 3.51. The molecule has 0 radical (unpaired) electrons. The molecule has 0 rings (SSSR count). The quantitative estimate of drug-likeness (QED) is 0.382. The second-order valence-corrected chi connectivity index (χ2v) is 1.96. The molecule has 0 unspecified atom stereocenters. The Labute approximate surface area is 72.7 Å². The molecule has 0 aromatic carbocycles. The molecular formula is C9H13N3. The summed E-state index contributed by atoms with van der Waals surface area (Å²) in [6.45, 7) is 8.86. The lowest BCUT2D eigenvalue weighted by Gasteiger charge is -1.96. The highest BCUT2D eigenvalue weighted by Crippen LogP contribution is 2.00. The first kappa shape index (κ1) is 10.4. The van der Waals surface area contributed by atoms with E-state index in [9.17, 15) is 0 Å². The van der Waals surface area contributed by atoms with Crippen molar-refractivity contribution < 1.29 is 0 Å². The fourth-order valence-electron chi connectivity index (χ4n) is 0.652. The first-order chi connectivity index (χ1) is 5.76. The maximum absolute atomic E-state index is 5.15. The number of nitrogens with two attached hydrogens (primary N) is 1. The largest absolute Gasteiger partial charge is 0.390 e. The van der Waals surface area contributed by atoms with Gasteiger partial charge in [0.05, 0.1) is 17.7 Å². The van der Waals surface area contributed by atoms with Gasteiger partial charge in [-0.2, -0.15) is 0 Å². The van der Waals surface area contributed by atoms with E-state index in [0.717, 1.165) is 5.71 Å². The predicted octanol–water partition coefficient (Wildman–Crippen LogP) is 1.65. The summed E-state index contributed by atoms with van der Waals surface area (Å²) >= 11 is 0. The Morgan fingerprint density at radius 2 is 2.08 bits per heavy atom. The van der Waals surface area contributed by atoms with Gasteiger partial charge in [-0.05, 0) is 13.0 Å². The summed E-state index contributed by atoms with van der Waals surface area (Å²) in [5.41, 5.74) is 6.59. The van der Waals surface area contributed by atoms with Crippen LogP contribution in [0.25, 0.3) is 0 Å². The SMILES string of the molecule is C=C/C=C(/N=C\N)C(\C)=N/C=C. The van der Waals surface area contributed by atoms with Crippen molar-refractivity contribution in [2.75, 3.05) is 0 Å². The van der Waals surface area contributed by atoms with E-state index >= 15 is 0 Å². The molecule has 0 aliphatic rings. The zero-order valence-corrected chi connectivity index (χ0v) is 7.20. The molecule has 0 amide bonds. The highest BCUT2D eigenvalue weighted by atomic mass is 14.8. The lowest BCUT2D eigenvalue weighted by molar-refractivity contribution is 1.40. The Morgan fingerprint density at radius 3 is 2.50 bits per heavy atom. The van der Waals surface area contributed by atoms with Gasteiger partial charge in [0, 0.05) is 6.20 Å². The van der Waals surface area contributed by atoms with E-state index in [4.69, 9.17) is 5.73 Å². The molecule has 0 aromatic heterocycles. The van der Waals surface area contributed by atoms with Gasteiger partial charge in [0.25, 0.3) is 0 Å². The average Bonchev–Trinajstić information content (AvgIpc) is 2.04. The van der Waals surface area contributed by atoms with E-state index in [1.54, 1.807) is 12.2 Å². The van der Waals surface area contributed by atoms with Gasteiger partial charge in [-0.1, -0.05) is 19.2 Å². The van der Waals surface area contributed by atoms with Crippen molar-refractivity contribution in [3.8, 4) is 0 Å². The Kier molecular flexibility index (Phi) is 5.26. The molecule has 0 aromatic rings. The number of allylic oxidation sites excluding steroid dienone is 3. The van der Waals surface area contributed by atoms with E-state index in [2.05, 4.69) is 23.1 Å². The minimum absolute atomic E-state index is 0.687. The normalized spacial score (nSPS) is 13.4. The second-order valence-electron chi connectivity index (χ2n) is 1.96. The van der Waals surface area contributed by atoms with Crippen molar-refractivity contribution in [3.63, 3.8) is 0 Å². The highest BCUT2D eigenvalue weighted by Gasteiger charge is 1.94. The molecule has 3 nitrogen and oxygen atoms in total. The standard InChI is InChI=1S/C9H13N3/c1-4-6-9(12-7-10)8(3)11-5-2/h4-7H,1-2H2,3H3,(H2,10,12)/b9-6+,11-8-. The number of hydrogen-bond acceptors (Lipinski definition) is 2. The molecular weight excluding hydrogens is 150 g/mol. The first-order valence-corrected chi connectivity index (χ1v) is 3.49. The van der Waals surface area contributed by atoms with Crippen LogP contribution >= 0.6 is 0 Å². The average molecular weight is 163 g/mol. The van der Waals surface area contributed by atoms with E-state index in [1.807, 2.05) is 6.92 Å². The zero-order valence-electron chi connectivity index (χ0n) is 7.20. The van der Waals surface area contributed by atoms with Crippen molar-refractivity contribution in [3.05, 3.63) is 37.2 Å². The van der Waals surface area contributed by atoms with Gasteiger partial charge in [-0.25, -0.2) is 4.99 Å². The van der Waals surface area contributed by atoms with Gasteiger partial charge in [0.2, 0.25) is 0 Å². The molecule has 0 saturated carbocycles. The smallest absolute Gasteiger partial charge is 0.0861 e. The molecule has 2 N–H and O–H groups in total. The summed E-state index contributed by atoms with van der Waals surface area (Å²) in [4.78, 5) is 7.85. The Balaban J connectivity index is 4.73. The second kappa shape index (κ2) is 6.09. The molecule has 0 aliphatic heterocycles. The maximum Gasteiger partial charge on any atom is 0.0861 e. The molecule has 3 heteroatoms. The Bertz CT molecular complexity index is 246. The van der Waals surface area contributed by atoms with Crippen LogP contribution in [0.15, 0.2) is 47.2 Å². The van der Waals surface area contributed by atoms with Gasteiger partial charge < -0.3 is 5.73 Å². The van der Waals surface area contributed by atoms with Crippen LogP contribution in [0.3, 0.4) is 0 Å². The molecule has 12 heavy (non-hydrogen) atoms. The summed E-state index contributed by atoms with van der Waals surface area (Å²) in [5.74, 6) is 0.